The summed E-state index contributed by atoms with van der Waals surface area (Å²) in [5.41, 5.74) is 0.525. The van der Waals surface area contributed by atoms with Gasteiger partial charge in [-0.15, -0.1) is 13.2 Å². The van der Waals surface area contributed by atoms with Crippen LogP contribution in [-0.2, 0) is 0 Å². The lowest BCUT2D eigenvalue weighted by Crippen LogP contribution is -2.17. The Labute approximate surface area is 117 Å². The molecule has 0 aliphatic carbocycles. The highest BCUT2D eigenvalue weighted by Gasteiger charge is 2.32. The van der Waals surface area contributed by atoms with E-state index in [2.05, 4.69) is 9.72 Å². The minimum absolute atomic E-state index is 0.0302. The van der Waals surface area contributed by atoms with Gasteiger partial charge >= 0.3 is 6.36 Å². The third-order valence-electron chi connectivity index (χ3n) is 2.44. The number of benzene rings is 1. The number of aromatic nitrogens is 1. The smallest absolute Gasteiger partial charge is 0.481 e. The van der Waals surface area contributed by atoms with Gasteiger partial charge in [0.2, 0.25) is 5.88 Å². The van der Waals surface area contributed by atoms with E-state index in [0.717, 1.165) is 0 Å². The second-order valence-electron chi connectivity index (χ2n) is 3.74. The third-order valence-corrected chi connectivity index (χ3v) is 2.72. The van der Waals surface area contributed by atoms with Crippen LogP contribution in [0.2, 0.25) is 5.15 Å². The Bertz CT molecular complexity index is 617. The molecule has 0 unspecified atom stereocenters. The summed E-state index contributed by atoms with van der Waals surface area (Å²) in [6.45, 7) is 0. The van der Waals surface area contributed by atoms with Crippen molar-refractivity contribution in [1.82, 2.24) is 4.98 Å². The fourth-order valence-electron chi connectivity index (χ4n) is 1.64. The minimum atomic E-state index is -4.78. The Balaban J connectivity index is 2.47. The van der Waals surface area contributed by atoms with Crippen LogP contribution in [0.5, 0.6) is 11.6 Å². The van der Waals surface area contributed by atoms with Gasteiger partial charge in [0, 0.05) is 17.2 Å². The Morgan fingerprint density at radius 2 is 1.75 bits per heavy atom. The first-order valence-electron chi connectivity index (χ1n) is 5.46. The second kappa shape index (κ2) is 5.58. The van der Waals surface area contributed by atoms with Gasteiger partial charge in [0.1, 0.15) is 10.9 Å². The molecular formula is C13H9ClF3NO2. The fourth-order valence-corrected chi connectivity index (χ4v) is 1.88. The maximum atomic E-state index is 12.4. The summed E-state index contributed by atoms with van der Waals surface area (Å²) in [5, 5.41) is 0.0302. The molecule has 0 N–H and O–H groups in total. The van der Waals surface area contributed by atoms with Crippen molar-refractivity contribution in [3.05, 3.63) is 41.6 Å². The van der Waals surface area contributed by atoms with E-state index in [-0.39, 0.29) is 22.3 Å². The van der Waals surface area contributed by atoms with Crippen LogP contribution in [-0.4, -0.2) is 18.5 Å². The molecule has 1 aromatic carbocycles. The van der Waals surface area contributed by atoms with Gasteiger partial charge in [-0.25, -0.2) is 4.98 Å². The summed E-state index contributed by atoms with van der Waals surface area (Å²) in [6.07, 6.45) is -4.78. The molecule has 7 heteroatoms. The van der Waals surface area contributed by atoms with Gasteiger partial charge < -0.3 is 9.47 Å². The predicted octanol–water partition coefficient (Wildman–Crippen LogP) is 4.31. The van der Waals surface area contributed by atoms with Crippen molar-refractivity contribution in [2.75, 3.05) is 7.11 Å². The molecule has 0 aliphatic rings. The van der Waals surface area contributed by atoms with E-state index in [0.29, 0.717) is 5.56 Å². The van der Waals surface area contributed by atoms with Crippen LogP contribution in [0, 0.1) is 0 Å². The van der Waals surface area contributed by atoms with E-state index in [1.54, 1.807) is 6.07 Å². The maximum absolute atomic E-state index is 12.4. The fraction of sp³-hybridized carbons (Fsp3) is 0.154. The number of methoxy groups -OCH3 is 1. The minimum Gasteiger partial charge on any atom is -0.481 e. The van der Waals surface area contributed by atoms with Crippen molar-refractivity contribution in [3.8, 4) is 22.8 Å². The molecule has 2 rings (SSSR count). The summed E-state index contributed by atoms with van der Waals surface area (Å²) >= 11 is 5.96. The summed E-state index contributed by atoms with van der Waals surface area (Å²) in [5.74, 6) is -0.0677. The first kappa shape index (κ1) is 14.5. The highest BCUT2D eigenvalue weighted by Crippen LogP contribution is 2.37. The van der Waals surface area contributed by atoms with Crippen molar-refractivity contribution in [1.29, 1.82) is 0 Å². The lowest BCUT2D eigenvalue weighted by molar-refractivity contribution is -0.274. The molecule has 0 fully saturated rings. The van der Waals surface area contributed by atoms with Crippen molar-refractivity contribution in [2.45, 2.75) is 6.36 Å². The third kappa shape index (κ3) is 3.33. The van der Waals surface area contributed by atoms with Crippen LogP contribution in [0.25, 0.3) is 11.1 Å². The van der Waals surface area contributed by atoms with Crippen molar-refractivity contribution in [3.63, 3.8) is 0 Å². The summed E-state index contributed by atoms with van der Waals surface area (Å²) in [7, 11) is 1.42. The first-order chi connectivity index (χ1) is 9.40. The lowest BCUT2D eigenvalue weighted by atomic mass is 10.1. The number of para-hydroxylation sites is 1. The predicted molar refractivity (Wildman–Crippen MR) is 67.9 cm³/mol. The lowest BCUT2D eigenvalue weighted by Gasteiger charge is -2.14. The molecule has 0 saturated carbocycles. The zero-order valence-electron chi connectivity index (χ0n) is 10.2. The normalized spacial score (nSPS) is 11.2. The zero-order valence-corrected chi connectivity index (χ0v) is 11.0. The van der Waals surface area contributed by atoms with Crippen molar-refractivity contribution in [2.24, 2.45) is 0 Å². The van der Waals surface area contributed by atoms with Gasteiger partial charge in [0.05, 0.1) is 7.11 Å². The van der Waals surface area contributed by atoms with Crippen LogP contribution >= 0.6 is 11.6 Å². The summed E-state index contributed by atoms with van der Waals surface area (Å²) in [6, 6.07) is 8.73. The zero-order chi connectivity index (χ0) is 14.8. The largest absolute Gasteiger partial charge is 0.573 e. The molecule has 0 spiro atoms. The molecule has 0 amide bonds. The molecule has 2 aromatic rings. The van der Waals surface area contributed by atoms with E-state index < -0.39 is 6.36 Å². The number of halogens is 4. The molecule has 0 radical (unpaired) electrons. The van der Waals surface area contributed by atoms with Gasteiger partial charge in [0.25, 0.3) is 0 Å². The van der Waals surface area contributed by atoms with E-state index in [9.17, 15) is 13.2 Å². The number of nitrogens with zero attached hydrogens (tertiary/aromatic N) is 1. The van der Waals surface area contributed by atoms with Gasteiger partial charge in [-0.3, -0.25) is 0 Å². The first-order valence-corrected chi connectivity index (χ1v) is 5.84. The van der Waals surface area contributed by atoms with Gasteiger partial charge in [0.15, 0.2) is 0 Å². The maximum Gasteiger partial charge on any atom is 0.573 e. The second-order valence-corrected chi connectivity index (χ2v) is 4.09. The summed E-state index contributed by atoms with van der Waals surface area (Å²) < 4.78 is 46.0. The Kier molecular flexibility index (Phi) is 4.04. The van der Waals surface area contributed by atoms with E-state index in [4.69, 9.17) is 16.3 Å². The highest BCUT2D eigenvalue weighted by molar-refractivity contribution is 6.32. The highest BCUT2D eigenvalue weighted by atomic mass is 35.5. The average molecular weight is 304 g/mol. The van der Waals surface area contributed by atoms with Gasteiger partial charge in [-0.2, -0.15) is 0 Å². The SMILES string of the molecule is COc1ccc(-c2ccccc2OC(F)(F)F)c(Cl)n1. The number of rotatable bonds is 3. The molecule has 3 nitrogen and oxygen atoms in total. The quantitative estimate of drug-likeness (QED) is 0.792. The Morgan fingerprint density at radius 3 is 2.35 bits per heavy atom. The van der Waals surface area contributed by atoms with Crippen LogP contribution in [0.1, 0.15) is 0 Å². The van der Waals surface area contributed by atoms with E-state index in [1.165, 1.54) is 37.4 Å². The molecule has 1 heterocycles. The van der Waals surface area contributed by atoms with Crippen LogP contribution in [0.3, 0.4) is 0 Å². The van der Waals surface area contributed by atoms with E-state index >= 15 is 0 Å². The molecule has 20 heavy (non-hydrogen) atoms. The Morgan fingerprint density at radius 1 is 1.05 bits per heavy atom. The molecule has 106 valence electrons. The number of alkyl halides is 3. The standard InChI is InChI=1S/C13H9ClF3NO2/c1-19-11-7-6-9(12(14)18-11)8-4-2-3-5-10(8)20-13(15,16)17/h2-7H,1H3. The Hall–Kier alpha value is -1.95. The monoisotopic (exact) mass is 303 g/mol. The van der Waals surface area contributed by atoms with Gasteiger partial charge in [-0.1, -0.05) is 29.8 Å². The van der Waals surface area contributed by atoms with Crippen molar-refractivity contribution < 1.29 is 22.6 Å². The van der Waals surface area contributed by atoms with Gasteiger partial charge in [-0.05, 0) is 12.1 Å². The molecular weight excluding hydrogens is 295 g/mol. The van der Waals surface area contributed by atoms with E-state index in [1.807, 2.05) is 0 Å². The summed E-state index contributed by atoms with van der Waals surface area (Å²) in [4.78, 5) is 3.91. The molecule has 0 atom stereocenters. The molecule has 0 bridgehead atoms. The number of ether oxygens (including phenoxy) is 2. The van der Waals surface area contributed by atoms with Crippen LogP contribution in [0.15, 0.2) is 36.4 Å². The van der Waals surface area contributed by atoms with Crippen LogP contribution in [0.4, 0.5) is 13.2 Å². The average Bonchev–Trinajstić information content (AvgIpc) is 2.38. The molecule has 0 saturated heterocycles. The topological polar surface area (TPSA) is 31.4 Å². The number of pyridine rings is 1. The molecule has 1 aromatic heterocycles. The number of hydrogen-bond acceptors (Lipinski definition) is 3. The van der Waals surface area contributed by atoms with Crippen LogP contribution < -0.4 is 9.47 Å². The van der Waals surface area contributed by atoms with Crippen molar-refractivity contribution >= 4 is 11.6 Å². The molecule has 0 aliphatic heterocycles. The number of hydrogen-bond donors (Lipinski definition) is 0.